The lowest BCUT2D eigenvalue weighted by atomic mass is 9.98. The summed E-state index contributed by atoms with van der Waals surface area (Å²) in [4.78, 5) is 13.7. The van der Waals surface area contributed by atoms with Gasteiger partial charge in [0.15, 0.2) is 0 Å². The number of halogens is 1. The van der Waals surface area contributed by atoms with Gasteiger partial charge in [-0.05, 0) is 0 Å². The number of rotatable bonds is 3. The zero-order chi connectivity index (χ0) is 14.0. The summed E-state index contributed by atoms with van der Waals surface area (Å²) in [7, 11) is 3.19. The number of carbonyl (C=O) groups excluding carboxylic acids is 1. The van der Waals surface area contributed by atoms with Gasteiger partial charge >= 0.3 is 0 Å². The number of anilines is 1. The Kier molecular flexibility index (Phi) is 4.20. The molecule has 0 bridgehead atoms. The van der Waals surface area contributed by atoms with Crippen LogP contribution >= 0.6 is 11.6 Å². The second-order valence-corrected chi connectivity index (χ2v) is 5.13. The van der Waals surface area contributed by atoms with Crippen molar-refractivity contribution in [2.75, 3.05) is 32.2 Å². The third-order valence-corrected chi connectivity index (χ3v) is 3.76. The lowest BCUT2D eigenvalue weighted by Crippen LogP contribution is -2.39. The topological polar surface area (TPSA) is 38.8 Å². The monoisotopic (exact) mass is 283 g/mol. The quantitative estimate of drug-likeness (QED) is 0.855. The van der Waals surface area contributed by atoms with Crippen molar-refractivity contribution in [3.05, 3.63) is 17.2 Å². The molecule has 19 heavy (non-hydrogen) atoms. The van der Waals surface area contributed by atoms with Crippen LogP contribution in [0, 0.1) is 5.92 Å². The third kappa shape index (κ3) is 2.78. The highest BCUT2D eigenvalue weighted by atomic mass is 35.5. The zero-order valence-electron chi connectivity index (χ0n) is 11.4. The molecule has 0 spiro atoms. The Hall–Kier alpha value is -1.42. The Bertz CT molecular complexity index is 490. The molecule has 1 aromatic carbocycles. The molecule has 0 aromatic heterocycles. The van der Waals surface area contributed by atoms with E-state index in [0.717, 1.165) is 5.69 Å². The van der Waals surface area contributed by atoms with Crippen molar-refractivity contribution in [2.45, 2.75) is 13.3 Å². The molecule has 5 heteroatoms. The molecule has 1 atom stereocenters. The number of carbonyl (C=O) groups is 1. The number of nitrogens with zero attached hydrogens (tertiary/aromatic N) is 1. The predicted octanol–water partition coefficient (Wildman–Crippen LogP) is 2.77. The summed E-state index contributed by atoms with van der Waals surface area (Å²) in [6.45, 7) is 3.35. The largest absolute Gasteiger partial charge is 0.495 e. The molecule has 0 amide bonds. The summed E-state index contributed by atoms with van der Waals surface area (Å²) in [5.74, 6) is 1.67. The van der Waals surface area contributed by atoms with E-state index in [4.69, 9.17) is 21.1 Å². The number of hydrogen-bond donors (Lipinski definition) is 0. The number of piperidine rings is 1. The number of ether oxygens (including phenoxy) is 2. The Labute approximate surface area is 118 Å². The molecule has 0 aliphatic carbocycles. The molecule has 4 nitrogen and oxygen atoms in total. The minimum atomic E-state index is 0.0418. The number of ketones is 1. The lowest BCUT2D eigenvalue weighted by Gasteiger charge is -2.33. The van der Waals surface area contributed by atoms with Crippen molar-refractivity contribution in [3.63, 3.8) is 0 Å². The second-order valence-electron chi connectivity index (χ2n) is 4.72. The molecule has 1 saturated heterocycles. The second kappa shape index (κ2) is 5.70. The van der Waals surface area contributed by atoms with E-state index in [0.29, 0.717) is 41.8 Å². The molecule has 1 unspecified atom stereocenters. The first-order chi connectivity index (χ1) is 9.06. The van der Waals surface area contributed by atoms with Gasteiger partial charge in [0.05, 0.1) is 24.9 Å². The van der Waals surface area contributed by atoms with Crippen molar-refractivity contribution < 1.29 is 14.3 Å². The van der Waals surface area contributed by atoms with Crippen LogP contribution in [0.4, 0.5) is 5.69 Å². The molecule has 1 heterocycles. The molecule has 0 radical (unpaired) electrons. The minimum absolute atomic E-state index is 0.0418. The first-order valence-electron chi connectivity index (χ1n) is 6.26. The van der Waals surface area contributed by atoms with Crippen LogP contribution < -0.4 is 14.4 Å². The van der Waals surface area contributed by atoms with Crippen molar-refractivity contribution in [2.24, 2.45) is 5.92 Å². The fraction of sp³-hybridized carbons (Fsp3) is 0.500. The van der Waals surface area contributed by atoms with Gasteiger partial charge in [0.1, 0.15) is 17.3 Å². The van der Waals surface area contributed by atoms with E-state index < -0.39 is 0 Å². The van der Waals surface area contributed by atoms with Gasteiger partial charge in [-0.25, -0.2) is 0 Å². The summed E-state index contributed by atoms with van der Waals surface area (Å²) in [6.07, 6.45) is 0.565. The smallest absolute Gasteiger partial charge is 0.143 e. The highest BCUT2D eigenvalue weighted by Crippen LogP contribution is 2.39. The highest BCUT2D eigenvalue weighted by Gasteiger charge is 2.26. The number of methoxy groups -OCH3 is 2. The first kappa shape index (κ1) is 14.0. The Morgan fingerprint density at radius 2 is 1.95 bits per heavy atom. The third-order valence-electron chi connectivity index (χ3n) is 3.47. The summed E-state index contributed by atoms with van der Waals surface area (Å²) in [6, 6.07) is 3.61. The van der Waals surface area contributed by atoms with Crippen LogP contribution in [0.2, 0.25) is 5.02 Å². The van der Waals surface area contributed by atoms with Crippen LogP contribution in [0.15, 0.2) is 12.1 Å². The van der Waals surface area contributed by atoms with E-state index in [-0.39, 0.29) is 5.92 Å². The maximum Gasteiger partial charge on any atom is 0.143 e. The van der Waals surface area contributed by atoms with Crippen LogP contribution in [0.5, 0.6) is 11.5 Å². The fourth-order valence-corrected chi connectivity index (χ4v) is 2.56. The summed E-state index contributed by atoms with van der Waals surface area (Å²) in [5, 5.41) is 0.518. The van der Waals surface area contributed by atoms with Gasteiger partial charge in [-0.15, -0.1) is 0 Å². The van der Waals surface area contributed by atoms with E-state index in [2.05, 4.69) is 4.90 Å². The van der Waals surface area contributed by atoms with E-state index >= 15 is 0 Å². The normalized spacial score (nSPS) is 19.5. The first-order valence-corrected chi connectivity index (χ1v) is 6.63. The van der Waals surface area contributed by atoms with E-state index in [9.17, 15) is 4.79 Å². The molecule has 2 rings (SSSR count). The summed E-state index contributed by atoms with van der Waals surface area (Å²) < 4.78 is 10.6. The number of Topliss-reactive ketones (excluding diaryl/α,β-unsaturated/α-hetero) is 1. The van der Waals surface area contributed by atoms with Crippen LogP contribution in [0.1, 0.15) is 13.3 Å². The Morgan fingerprint density at radius 3 is 2.53 bits per heavy atom. The molecule has 1 aliphatic rings. The van der Waals surface area contributed by atoms with Gasteiger partial charge in [-0.1, -0.05) is 18.5 Å². The zero-order valence-corrected chi connectivity index (χ0v) is 12.2. The van der Waals surface area contributed by atoms with E-state index in [1.54, 1.807) is 20.3 Å². The van der Waals surface area contributed by atoms with Crippen molar-refractivity contribution in [1.29, 1.82) is 0 Å². The van der Waals surface area contributed by atoms with Crippen LogP contribution in [-0.4, -0.2) is 33.1 Å². The lowest BCUT2D eigenvalue weighted by molar-refractivity contribution is -0.122. The molecular formula is C14H18ClNO3. The predicted molar refractivity (Wildman–Crippen MR) is 75.6 cm³/mol. The summed E-state index contributed by atoms with van der Waals surface area (Å²) >= 11 is 6.09. The van der Waals surface area contributed by atoms with Gasteiger partial charge in [-0.3, -0.25) is 4.79 Å². The average Bonchev–Trinajstić information content (AvgIpc) is 2.41. The minimum Gasteiger partial charge on any atom is -0.495 e. The summed E-state index contributed by atoms with van der Waals surface area (Å²) in [5.41, 5.74) is 0.920. The van der Waals surface area contributed by atoms with Crippen LogP contribution in [-0.2, 0) is 4.79 Å². The molecule has 1 aromatic rings. The van der Waals surface area contributed by atoms with Gasteiger partial charge in [0, 0.05) is 37.6 Å². The van der Waals surface area contributed by atoms with Gasteiger partial charge in [0.2, 0.25) is 0 Å². The van der Waals surface area contributed by atoms with Gasteiger partial charge < -0.3 is 14.4 Å². The van der Waals surface area contributed by atoms with Gasteiger partial charge in [-0.2, -0.15) is 0 Å². The fourth-order valence-electron chi connectivity index (χ4n) is 2.33. The number of hydrogen-bond acceptors (Lipinski definition) is 4. The molecule has 0 N–H and O–H groups in total. The molecule has 0 saturated carbocycles. The molecule has 104 valence electrons. The highest BCUT2D eigenvalue weighted by molar-refractivity contribution is 6.32. The van der Waals surface area contributed by atoms with E-state index in [1.807, 2.05) is 13.0 Å². The standard InChI is InChI=1S/C14H18ClNO3/c1-9-8-16(5-4-12(9)17)11-7-13(18-2)10(15)6-14(11)19-3/h6-7,9H,4-5,8H2,1-3H3. The Balaban J connectivity index is 2.35. The SMILES string of the molecule is COc1cc(N2CCC(=O)C(C)C2)c(OC)cc1Cl. The number of benzene rings is 1. The van der Waals surface area contributed by atoms with Crippen molar-refractivity contribution in [3.8, 4) is 11.5 Å². The molecule has 1 aliphatic heterocycles. The van der Waals surface area contributed by atoms with Gasteiger partial charge in [0.25, 0.3) is 0 Å². The maximum absolute atomic E-state index is 11.6. The average molecular weight is 284 g/mol. The maximum atomic E-state index is 11.6. The van der Waals surface area contributed by atoms with Crippen LogP contribution in [0.3, 0.4) is 0 Å². The Morgan fingerprint density at radius 1 is 1.26 bits per heavy atom. The molecular weight excluding hydrogens is 266 g/mol. The molecule has 1 fully saturated rings. The van der Waals surface area contributed by atoms with Crippen LogP contribution in [0.25, 0.3) is 0 Å². The van der Waals surface area contributed by atoms with Crippen molar-refractivity contribution in [1.82, 2.24) is 0 Å². The van der Waals surface area contributed by atoms with E-state index in [1.165, 1.54) is 0 Å². The van der Waals surface area contributed by atoms with Crippen molar-refractivity contribution >= 4 is 23.1 Å².